The van der Waals surface area contributed by atoms with Crippen molar-refractivity contribution in [2.45, 2.75) is 176 Å². The predicted molar refractivity (Wildman–Crippen MR) is 414 cm³/mol. The van der Waals surface area contributed by atoms with Crippen LogP contribution in [0.5, 0.6) is 0 Å². The lowest BCUT2D eigenvalue weighted by molar-refractivity contribution is -0.219. The zero-order chi connectivity index (χ0) is 85.4. The monoisotopic (exact) mass is 1680 g/mol. The molecular weight excluding hydrogens is 1590 g/mol. The van der Waals surface area contributed by atoms with Crippen molar-refractivity contribution in [3.63, 3.8) is 0 Å². The highest BCUT2D eigenvalue weighted by atomic mass is 32.4. The molecule has 14 atom stereocenters. The highest BCUT2D eigenvalue weighted by Crippen LogP contribution is 2.45. The first kappa shape index (κ1) is 92.9. The predicted octanol–water partition coefficient (Wildman–Crippen LogP) is 2.17. The molecule has 4 aliphatic heterocycles. The Morgan fingerprint density at radius 1 is 0.828 bits per heavy atom. The SMILES string of the molecule is C=CCOC(=O)[C@@H]1CC(OC2CCCC(COC)O2)CN1C(=O)OCC1c2ccccc2-c2ccccc21.CC[C@H](C)[C@@H]1NC(=O)CNC(=O)C(N)Cc2c([nH]c3cc(NC(=O)C(F)(F)F)ccc23)SCC(C(=O)NC(CC(N)=O)C(=O)N2CC(O)C[C@H]2C(=O)N[C@H](C(=O)O)C(C)[C@H](COC(C)=O)OC(C)=O)NC(=O)CNC1=O.P=S. The number of nitrogens with two attached hydrogens (primary N) is 2. The molecule has 8 unspecified atom stereocenters. The van der Waals surface area contributed by atoms with E-state index in [2.05, 4.69) is 87.6 Å². The van der Waals surface area contributed by atoms with Crippen molar-refractivity contribution in [2.24, 2.45) is 23.3 Å². The Morgan fingerprint density at radius 2 is 1.48 bits per heavy atom. The Morgan fingerprint density at radius 3 is 2.09 bits per heavy atom. The largest absolute Gasteiger partial charge is 0.480 e. The van der Waals surface area contributed by atoms with Crippen LogP contribution in [0.1, 0.15) is 102 Å². The van der Waals surface area contributed by atoms with Gasteiger partial charge in [-0.1, -0.05) is 106 Å². The quantitative estimate of drug-likeness (QED) is 0.0196. The first-order valence-corrected chi connectivity index (χ1v) is 39.6. The topological polar surface area (TPSA) is 503 Å². The molecule has 4 aromatic rings. The third kappa shape index (κ3) is 25.6. The molecule has 116 heavy (non-hydrogen) atoms. The molecule has 1 aliphatic carbocycles. The van der Waals surface area contributed by atoms with Crippen LogP contribution in [0.3, 0.4) is 0 Å². The van der Waals surface area contributed by atoms with Gasteiger partial charge in [-0.15, -0.1) is 11.8 Å². The van der Waals surface area contributed by atoms with Gasteiger partial charge in [-0.2, -0.15) is 13.2 Å². The summed E-state index contributed by atoms with van der Waals surface area (Å²) in [5.41, 5.74) is 16.4. The molecule has 3 aromatic carbocycles. The highest BCUT2D eigenvalue weighted by Gasteiger charge is 2.47. The van der Waals surface area contributed by atoms with Gasteiger partial charge in [0.2, 0.25) is 47.3 Å². The van der Waals surface area contributed by atoms with Gasteiger partial charge in [0.25, 0.3) is 0 Å². The molecule has 0 radical (unpaired) electrons. The number of carboxylic acids is 1. The Labute approximate surface area is 675 Å². The molecule has 3 fully saturated rings. The van der Waals surface area contributed by atoms with Crippen LogP contribution in [-0.4, -0.2) is 253 Å². The number of β-amino-alcohol motifs (C(OH)–C–C–N with tert-alkyl or cyclic N) is 1. The minimum Gasteiger partial charge on any atom is -0.480 e. The van der Waals surface area contributed by atoms with Gasteiger partial charge in [0.15, 0.2) is 6.29 Å². The van der Waals surface area contributed by atoms with E-state index in [9.17, 15) is 90.5 Å². The number of H-pyrrole nitrogens is 1. The fourth-order valence-corrected chi connectivity index (χ4v) is 14.9. The first-order chi connectivity index (χ1) is 55.1. The van der Waals surface area contributed by atoms with Crippen molar-refractivity contribution in [1.29, 1.82) is 0 Å². The number of hydrogen-bond acceptors (Lipinski definition) is 25. The zero-order valence-corrected chi connectivity index (χ0v) is 66.9. The maximum Gasteiger partial charge on any atom is 0.471 e. The number of fused-ring (bicyclic) bond motifs is 6. The molecule has 3 saturated heterocycles. The normalized spacial score (nSPS) is 22.5. The number of thioether (sulfide) groups is 1. The van der Waals surface area contributed by atoms with E-state index in [1.165, 1.54) is 24.0 Å². The molecule has 41 heteroatoms. The molecule has 14 N–H and O–H groups in total. The molecule has 35 nitrogen and oxygen atoms in total. The number of carboxylic acid groups (broad SMARTS) is 1. The Hall–Kier alpha value is -10.2. The molecule has 5 aliphatic rings. The van der Waals surface area contributed by atoms with Crippen LogP contribution in [0.15, 0.2) is 84.4 Å². The van der Waals surface area contributed by atoms with Crippen molar-refractivity contribution >= 4 is 131 Å². The van der Waals surface area contributed by atoms with Gasteiger partial charge < -0.3 is 102 Å². The summed E-state index contributed by atoms with van der Waals surface area (Å²) in [5, 5.41) is 37.2. The van der Waals surface area contributed by atoms with Gasteiger partial charge >= 0.3 is 42.1 Å². The van der Waals surface area contributed by atoms with Crippen LogP contribution in [0.2, 0.25) is 0 Å². The summed E-state index contributed by atoms with van der Waals surface area (Å²) in [6.07, 6.45) is -6.38. The molecule has 0 saturated carbocycles. The average Bonchev–Trinajstić information content (AvgIpc) is 1.50. The molecule has 0 bridgehead atoms. The van der Waals surface area contributed by atoms with Crippen LogP contribution in [0.25, 0.3) is 22.0 Å². The van der Waals surface area contributed by atoms with Gasteiger partial charge in [-0.25, -0.2) is 14.4 Å². The number of hydrogen-bond donors (Lipinski definition) is 12. The number of aromatic nitrogens is 1. The number of aromatic amines is 1. The van der Waals surface area contributed by atoms with Gasteiger partial charge in [0.1, 0.15) is 62.2 Å². The molecule has 0 spiro atoms. The van der Waals surface area contributed by atoms with Gasteiger partial charge in [-0.3, -0.25) is 57.6 Å². The van der Waals surface area contributed by atoms with Crippen LogP contribution in [0, 0.1) is 11.8 Å². The number of halogens is 3. The molecule has 632 valence electrons. The van der Waals surface area contributed by atoms with Crippen LogP contribution in [0.4, 0.5) is 23.7 Å². The summed E-state index contributed by atoms with van der Waals surface area (Å²) < 4.78 is 78.2. The summed E-state index contributed by atoms with van der Waals surface area (Å²) in [4.78, 5) is 187. The number of benzene rings is 3. The van der Waals surface area contributed by atoms with Crippen LogP contribution in [-0.2, 0) is 114 Å². The number of carbonyl (C=O) groups is 14. The van der Waals surface area contributed by atoms with E-state index in [1.54, 1.807) is 26.3 Å². The van der Waals surface area contributed by atoms with Gasteiger partial charge in [0.05, 0.1) is 62.0 Å². The summed E-state index contributed by atoms with van der Waals surface area (Å²) >= 11 is 4.67. The number of aliphatic carboxylic acids is 1. The van der Waals surface area contributed by atoms with E-state index < -0.39 is 207 Å². The van der Waals surface area contributed by atoms with Crippen molar-refractivity contribution in [2.75, 3.05) is 70.8 Å². The second-order valence-electron chi connectivity index (χ2n) is 28.0. The number of aliphatic hydroxyl groups is 1. The number of anilines is 1. The van der Waals surface area contributed by atoms with Crippen molar-refractivity contribution in [1.82, 2.24) is 46.7 Å². The number of amides is 10. The number of primary amides is 1. The van der Waals surface area contributed by atoms with Crippen LogP contribution < -0.4 is 48.7 Å². The molecule has 10 amide bonds. The third-order valence-corrected chi connectivity index (χ3v) is 20.8. The fourth-order valence-electron chi connectivity index (χ4n) is 13.7. The third-order valence-electron chi connectivity index (χ3n) is 19.6. The lowest BCUT2D eigenvalue weighted by atomic mass is 9.95. The Balaban J connectivity index is 0.000000385. The first-order valence-electron chi connectivity index (χ1n) is 36.9. The van der Waals surface area contributed by atoms with Crippen LogP contribution >= 0.6 is 19.8 Å². The number of ether oxygens (including phenoxy) is 7. The molecular formula is C75H96F3N12O23PS2. The van der Waals surface area contributed by atoms with Crippen molar-refractivity contribution < 1.29 is 124 Å². The summed E-state index contributed by atoms with van der Waals surface area (Å²) in [5.74, 6) is -16.7. The number of alkyl halides is 3. The number of nitrogens with one attached hydrogen (secondary N) is 8. The number of esters is 3. The van der Waals surface area contributed by atoms with Gasteiger partial charge in [0, 0.05) is 74.5 Å². The summed E-state index contributed by atoms with van der Waals surface area (Å²) in [6, 6.07) is 9.27. The number of carbonyl (C=O) groups excluding carboxylic acids is 13. The number of likely N-dealkylation sites (tertiary alicyclic amines) is 2. The second kappa shape index (κ2) is 43.7. The number of rotatable bonds is 25. The van der Waals surface area contributed by atoms with Gasteiger partial charge in [-0.05, 0) is 79.6 Å². The average molecular weight is 1690 g/mol. The van der Waals surface area contributed by atoms with E-state index in [-0.39, 0.29) is 71.5 Å². The number of methoxy groups -OCH3 is 1. The lowest BCUT2D eigenvalue weighted by Gasteiger charge is -2.32. The van der Waals surface area contributed by atoms with E-state index in [0.717, 1.165) is 84.2 Å². The van der Waals surface area contributed by atoms with Crippen molar-refractivity contribution in [3.05, 3.63) is 96.1 Å². The molecule has 5 heterocycles. The fraction of sp³-hybridized carbons (Fsp3) is 0.520. The summed E-state index contributed by atoms with van der Waals surface area (Å²) in [7, 11) is 4.20. The Bertz CT molecular complexity index is 4210. The number of nitrogens with zero attached hydrogens (tertiary/aromatic N) is 2. The lowest BCUT2D eigenvalue weighted by Crippen LogP contribution is -2.60. The van der Waals surface area contributed by atoms with E-state index in [4.69, 9.17) is 44.6 Å². The molecule has 9 rings (SSSR count). The van der Waals surface area contributed by atoms with E-state index in [0.29, 0.717) is 19.4 Å². The Kier molecular flexibility index (Phi) is 35.0. The van der Waals surface area contributed by atoms with Crippen molar-refractivity contribution in [3.8, 4) is 11.1 Å². The number of aliphatic hydroxyl groups excluding tert-OH is 1. The maximum atomic E-state index is 14.4. The minimum absolute atomic E-state index is 0.0215. The molecule has 1 aromatic heterocycles. The van der Waals surface area contributed by atoms with E-state index >= 15 is 0 Å². The maximum absolute atomic E-state index is 14.4. The standard InChI is InChI=1S/C45H60F3N11O16S.C30H35NO7.HPS/c1-6-18(2)35-40(69)52-13-33(64)54-29(17-76-41-25(11-26(49)37(66)51-14-34(65)57-35)24-8-7-22(9-27(24)56-41)53-44(73)45(46,47)48)38(67)55-28(12-32(50)63)42(70)59-15-23(62)10-30(59)39(68)58-36(43(71)72)19(3)31(75-21(5)61)16-74-20(4)60;1-3-15-35-29(32)27-16-21(38-28-14-8-9-20(37-28)18-34-2)17-31(27)30(33)36-19-26-24-12-6-4-10-22(24)23-11-5-7-13-25(23)26;1-2/h7-9,18-19,23,26,28-31,35-36,56,62H,6,10-17,49H2,1-5H3,(H2,50,63)(H,51,66)(H,52,69)(H,53,73)(H,54,64)(H,55,67)(H,57,65)(H,58,68)(H,71,72);3-7,10-13,20-21,26-28H,1,8-9,14-19H2,2H3;1H/t18-,19?,23?,26?,28?,29?,30-,31-,35-,36-;20?,21?,27-,28?;/m00./s1. The highest BCUT2D eigenvalue weighted by molar-refractivity contribution is 7.99. The summed E-state index contributed by atoms with van der Waals surface area (Å²) in [6.45, 7) is 8.60. The smallest absolute Gasteiger partial charge is 0.471 e. The minimum atomic E-state index is -5.25. The second-order valence-corrected chi connectivity index (χ2v) is 29.0. The zero-order valence-electron chi connectivity index (χ0n) is 64.3. The van der Waals surface area contributed by atoms with E-state index in [1.807, 2.05) is 24.3 Å².